The topological polar surface area (TPSA) is 344 Å². The number of nitrogens with zero attached hydrogens (tertiary/aromatic N) is 1. The highest BCUT2D eigenvalue weighted by molar-refractivity contribution is 6.26. The number of hydroxylamine groups is 2. The van der Waals surface area contributed by atoms with Crippen LogP contribution in [0.1, 0.15) is 121 Å². The maximum absolute atomic E-state index is 15.5. The lowest BCUT2D eigenvalue weighted by Crippen LogP contribution is -2.68. The first-order chi connectivity index (χ1) is 40.4. The van der Waals surface area contributed by atoms with Gasteiger partial charge in [-0.3, -0.25) is 24.8 Å². The number of ether oxygens (including phenoxy) is 11. The molecule has 0 aromatic rings. The van der Waals surface area contributed by atoms with Crippen molar-refractivity contribution >= 4 is 30.1 Å². The van der Waals surface area contributed by atoms with E-state index in [2.05, 4.69) is 12.2 Å². The number of nitrogens with one attached hydrogen (secondary N) is 1. The molecule has 5 aliphatic heterocycles. The second-order valence-electron chi connectivity index (χ2n) is 25.9. The number of allylic oxidation sites excluding steroid dienone is 3. The number of aliphatic hydroxyl groups is 5. The summed E-state index contributed by atoms with van der Waals surface area (Å²) < 4.78 is 68.2. The van der Waals surface area contributed by atoms with Gasteiger partial charge in [0, 0.05) is 56.3 Å². The SMILES string of the molecule is COC(=O)NC1C(C)OC(OC2CC=C(C)C3C=CC4C(OC5CC(OC6CC(O)C(OC7CC(O)C(O)C(C)O7)C(C)O6)C(OC(C)=O)C(C)O5)C(C)CC(C)C4C3(C)C(O)=C3C(=O)OC4(CC(C=O)=CC(O)C4C=C2C)C3=O)CC1(C)N(O)O. The van der Waals surface area contributed by atoms with E-state index in [4.69, 9.17) is 52.1 Å². The van der Waals surface area contributed by atoms with Gasteiger partial charge >= 0.3 is 18.0 Å². The number of carbonyl (C=O) groups is 5. The molecule has 8 N–H and O–H groups in total. The van der Waals surface area contributed by atoms with Crippen molar-refractivity contribution < 1.29 is 112 Å². The van der Waals surface area contributed by atoms with Crippen molar-refractivity contribution in [2.24, 2.45) is 40.9 Å². The molecule has 4 aliphatic carbocycles. The quantitative estimate of drug-likeness (QED) is 0.0338. The van der Waals surface area contributed by atoms with Crippen LogP contribution in [-0.4, -0.2) is 200 Å². The van der Waals surface area contributed by atoms with Gasteiger partial charge in [-0.2, -0.15) is 0 Å². The molecule has 9 rings (SSSR count). The molecule has 0 radical (unpaired) electrons. The van der Waals surface area contributed by atoms with Gasteiger partial charge in [0.15, 0.2) is 36.9 Å². The number of rotatable bonds is 12. The summed E-state index contributed by atoms with van der Waals surface area (Å²) in [6.45, 7) is 18.9. The second kappa shape index (κ2) is 25.7. The summed E-state index contributed by atoms with van der Waals surface area (Å²) >= 11 is 0. The highest BCUT2D eigenvalue weighted by Gasteiger charge is 2.65. The molecular formula is C61H88N2O23. The lowest BCUT2D eigenvalue weighted by atomic mass is 9.49. The minimum Gasteiger partial charge on any atom is -0.511 e. The number of carbonyl (C=O) groups excluding carboxylic acids is 5. The van der Waals surface area contributed by atoms with Crippen molar-refractivity contribution in [2.45, 2.75) is 243 Å². The van der Waals surface area contributed by atoms with Crippen molar-refractivity contribution in [1.82, 2.24) is 10.5 Å². The molecule has 2 bridgehead atoms. The number of esters is 2. The van der Waals surface area contributed by atoms with Crippen LogP contribution < -0.4 is 5.32 Å². The van der Waals surface area contributed by atoms with E-state index in [1.165, 1.54) is 27.0 Å². The molecule has 9 aliphatic rings. The monoisotopic (exact) mass is 1220 g/mol. The highest BCUT2D eigenvalue weighted by Crippen LogP contribution is 2.61. The first-order valence-corrected chi connectivity index (χ1v) is 30.0. The fourth-order valence-electron chi connectivity index (χ4n) is 15.6. The number of hydrogen-bond acceptors (Lipinski definition) is 24. The van der Waals surface area contributed by atoms with Gasteiger partial charge in [-0.15, -0.1) is 0 Å². The normalized spacial score (nSPS) is 46.4. The summed E-state index contributed by atoms with van der Waals surface area (Å²) in [4.78, 5) is 67.8. The zero-order valence-electron chi connectivity index (χ0n) is 50.9. The van der Waals surface area contributed by atoms with E-state index in [9.17, 15) is 55.1 Å². The Balaban J connectivity index is 1.04. The van der Waals surface area contributed by atoms with Crippen molar-refractivity contribution in [2.75, 3.05) is 7.11 Å². The smallest absolute Gasteiger partial charge is 0.407 e. The maximum atomic E-state index is 15.5. The first-order valence-electron chi connectivity index (χ1n) is 30.0. The number of aldehydes is 1. The van der Waals surface area contributed by atoms with Crippen molar-refractivity contribution in [1.29, 1.82) is 0 Å². The second-order valence-corrected chi connectivity index (χ2v) is 25.9. The van der Waals surface area contributed by atoms with Crippen LogP contribution in [0.25, 0.3) is 0 Å². The minimum atomic E-state index is -2.19. The Hall–Kier alpha value is -4.55. The van der Waals surface area contributed by atoms with Crippen LogP contribution in [0.2, 0.25) is 0 Å². The van der Waals surface area contributed by atoms with Gasteiger partial charge in [0.25, 0.3) is 0 Å². The van der Waals surface area contributed by atoms with Gasteiger partial charge in [-0.1, -0.05) is 55.9 Å². The third-order valence-corrected chi connectivity index (χ3v) is 19.9. The van der Waals surface area contributed by atoms with Crippen molar-refractivity contribution in [3.05, 3.63) is 58.4 Å². The molecule has 5 saturated heterocycles. The standard InChI is InChI=1S/C61H88N2O23/c1-26-13-16-42(82-47-24-59(10,63(74)75)54(33(8)80-47)62-58(73)76-12)27(2)18-38-39(66)19-35(25-64)23-61(38)56(71)48(57(72)86-61)55(70)60(11)37(26)15-14-36-49(60)28(3)17-29(4)51(36)84-46-22-43(53(32(7)79-46)81-34(9)65)83-44-21-41(68)52(31(6)78-44)85-45-20-40(67)50(69)30(5)77-45/h13-15,18-19,25,28-33,36-47,49-54,66-70,74-75H,16-17,20-24H2,1-12H3,(H,62,73). The number of alkyl carbamates (subject to hydrolysis) is 1. The fourth-order valence-corrected chi connectivity index (χ4v) is 15.6. The van der Waals surface area contributed by atoms with E-state index < -0.39 is 192 Å². The number of aliphatic hydroxyl groups excluding tert-OH is 5. The summed E-state index contributed by atoms with van der Waals surface area (Å²) in [7, 11) is 1.17. The molecular weight excluding hydrogens is 1130 g/mol. The van der Waals surface area contributed by atoms with Crippen LogP contribution in [-0.2, 0) is 71.3 Å². The van der Waals surface area contributed by atoms with Crippen molar-refractivity contribution in [3.63, 3.8) is 0 Å². The third kappa shape index (κ3) is 12.4. The molecule has 480 valence electrons. The Labute approximate surface area is 500 Å². The van der Waals surface area contributed by atoms with Crippen LogP contribution in [0.15, 0.2) is 58.4 Å². The number of Topliss-reactive ketones (excluding diaryl/α,β-unsaturated/α-hetero) is 1. The summed E-state index contributed by atoms with van der Waals surface area (Å²) in [6, 6.07) is -1.00. The van der Waals surface area contributed by atoms with Gasteiger partial charge in [0.05, 0.1) is 79.5 Å². The molecule has 0 aromatic carbocycles. The van der Waals surface area contributed by atoms with Gasteiger partial charge in [0.1, 0.15) is 35.9 Å². The number of amides is 1. The average molecular weight is 1220 g/mol. The molecule has 25 heteroatoms. The Morgan fingerprint density at radius 3 is 2.02 bits per heavy atom. The predicted molar refractivity (Wildman–Crippen MR) is 297 cm³/mol. The predicted octanol–water partition coefficient (Wildman–Crippen LogP) is 4.22. The molecule has 1 amide bonds. The summed E-state index contributed by atoms with van der Waals surface area (Å²) in [5, 5.41) is 81.1. The Morgan fingerprint density at radius 2 is 1.38 bits per heavy atom. The lowest BCUT2D eigenvalue weighted by Gasteiger charge is -2.56. The van der Waals surface area contributed by atoms with E-state index in [1.807, 2.05) is 39.0 Å². The van der Waals surface area contributed by atoms with Crippen LogP contribution in [0, 0.1) is 40.9 Å². The highest BCUT2D eigenvalue weighted by atomic mass is 16.8. The maximum Gasteiger partial charge on any atom is 0.407 e. The van der Waals surface area contributed by atoms with Gasteiger partial charge in [0.2, 0.25) is 5.78 Å². The number of ketones is 1. The van der Waals surface area contributed by atoms with Crippen LogP contribution in [0.3, 0.4) is 0 Å². The Morgan fingerprint density at radius 1 is 0.756 bits per heavy atom. The van der Waals surface area contributed by atoms with E-state index in [0.717, 1.165) is 5.57 Å². The largest absolute Gasteiger partial charge is 0.511 e. The molecule has 6 fully saturated rings. The van der Waals surface area contributed by atoms with E-state index >= 15 is 4.79 Å². The minimum absolute atomic E-state index is 0.000359. The van der Waals surface area contributed by atoms with E-state index in [1.54, 1.807) is 40.7 Å². The molecule has 86 heavy (non-hydrogen) atoms. The van der Waals surface area contributed by atoms with Crippen LogP contribution >= 0.6 is 0 Å². The first kappa shape index (κ1) is 65.9. The van der Waals surface area contributed by atoms with Gasteiger partial charge in [-0.25, -0.2) is 9.59 Å². The Bertz CT molecular complexity index is 2690. The molecule has 25 nitrogen and oxygen atoms in total. The molecule has 27 unspecified atom stereocenters. The summed E-state index contributed by atoms with van der Waals surface area (Å²) in [5.41, 5.74) is -4.67. The van der Waals surface area contributed by atoms with E-state index in [-0.39, 0.29) is 54.7 Å². The van der Waals surface area contributed by atoms with Crippen LogP contribution in [0.4, 0.5) is 4.79 Å². The van der Waals surface area contributed by atoms with Gasteiger partial charge in [-0.05, 0) is 96.3 Å². The summed E-state index contributed by atoms with van der Waals surface area (Å²) in [6.07, 6.45) is -7.81. The average Bonchev–Trinajstić information content (AvgIpc) is 1.43. The Kier molecular flexibility index (Phi) is 19.7. The number of fused-ring (bicyclic) bond motifs is 4. The number of methoxy groups -OCH3 is 1. The lowest BCUT2D eigenvalue weighted by molar-refractivity contribution is -0.390. The molecule has 5 heterocycles. The summed E-state index contributed by atoms with van der Waals surface area (Å²) in [5.74, 6) is -6.56. The zero-order chi connectivity index (χ0) is 62.8. The van der Waals surface area contributed by atoms with E-state index in [0.29, 0.717) is 18.3 Å². The molecule has 27 atom stereocenters. The fraction of sp³-hybridized carbons (Fsp3) is 0.754. The molecule has 1 saturated carbocycles. The van der Waals surface area contributed by atoms with Crippen molar-refractivity contribution in [3.8, 4) is 0 Å². The molecule has 0 aromatic heterocycles. The zero-order valence-corrected chi connectivity index (χ0v) is 50.9. The number of hydrogen-bond donors (Lipinski definition) is 8. The third-order valence-electron chi connectivity index (χ3n) is 19.9. The van der Waals surface area contributed by atoms with Crippen LogP contribution in [0.5, 0.6) is 0 Å². The molecule has 1 spiro atoms. The van der Waals surface area contributed by atoms with Gasteiger partial charge < -0.3 is 83.0 Å².